The molecule has 1 N–H and O–H groups in total. The number of nitrogens with zero attached hydrogens (tertiary/aromatic N) is 2. The first-order valence-corrected chi connectivity index (χ1v) is 7.93. The van der Waals surface area contributed by atoms with Crippen LogP contribution in [-0.2, 0) is 6.54 Å². The number of rotatable bonds is 5. The molecule has 0 atom stereocenters. The summed E-state index contributed by atoms with van der Waals surface area (Å²) in [5.74, 6) is 0. The Morgan fingerprint density at radius 1 is 1.35 bits per heavy atom. The summed E-state index contributed by atoms with van der Waals surface area (Å²) < 4.78 is 3.01. The Balaban J connectivity index is 2.24. The number of nitrogens with one attached hydrogen (secondary N) is 1. The molecule has 6 heteroatoms. The minimum absolute atomic E-state index is 0.0677. The summed E-state index contributed by atoms with van der Waals surface area (Å²) in [6, 6.07) is 5.64. The molecule has 0 aromatic carbocycles. The first-order chi connectivity index (χ1) is 9.60. The molecular weight excluding hydrogens is 386 g/mol. The van der Waals surface area contributed by atoms with E-state index in [2.05, 4.69) is 49.1 Å². The average Bonchev–Trinajstić information content (AvgIpc) is 2.42. The van der Waals surface area contributed by atoms with Crippen LogP contribution in [0.4, 0.5) is 5.69 Å². The molecule has 0 unspecified atom stereocenters. The summed E-state index contributed by atoms with van der Waals surface area (Å²) in [4.78, 5) is 16.3. The van der Waals surface area contributed by atoms with Gasteiger partial charge in [0, 0.05) is 29.1 Å². The highest BCUT2D eigenvalue weighted by Crippen LogP contribution is 2.14. The zero-order valence-electron chi connectivity index (χ0n) is 11.1. The van der Waals surface area contributed by atoms with Crippen LogP contribution in [0.25, 0.3) is 0 Å². The van der Waals surface area contributed by atoms with Gasteiger partial charge in [-0.2, -0.15) is 0 Å². The van der Waals surface area contributed by atoms with Crippen LogP contribution in [-0.4, -0.2) is 16.1 Å². The molecule has 0 saturated carbocycles. The molecule has 106 valence electrons. The lowest BCUT2D eigenvalue weighted by Crippen LogP contribution is -2.21. The van der Waals surface area contributed by atoms with Gasteiger partial charge in [-0.15, -0.1) is 0 Å². The van der Waals surface area contributed by atoms with E-state index >= 15 is 0 Å². The maximum absolute atomic E-state index is 12.0. The quantitative estimate of drug-likeness (QED) is 0.833. The Labute approximate surface area is 134 Å². The predicted octanol–water partition coefficient (Wildman–Crippen LogP) is 3.64. The highest BCUT2D eigenvalue weighted by molar-refractivity contribution is 9.11. The molecule has 0 aliphatic rings. The van der Waals surface area contributed by atoms with E-state index in [4.69, 9.17) is 0 Å². The summed E-state index contributed by atoms with van der Waals surface area (Å²) >= 11 is 6.65. The first kappa shape index (κ1) is 15.3. The highest BCUT2D eigenvalue weighted by Gasteiger charge is 2.05. The highest BCUT2D eigenvalue weighted by atomic mass is 79.9. The van der Waals surface area contributed by atoms with Crippen molar-refractivity contribution in [3.63, 3.8) is 0 Å². The Bertz CT molecular complexity index is 655. The second kappa shape index (κ2) is 7.04. The molecular formula is C14H15Br2N3O. The van der Waals surface area contributed by atoms with Crippen molar-refractivity contribution in [3.05, 3.63) is 55.6 Å². The normalized spacial score (nSPS) is 10.6. The molecule has 4 nitrogen and oxygen atoms in total. The van der Waals surface area contributed by atoms with E-state index in [0.717, 1.165) is 28.8 Å². The number of anilines is 1. The second-order valence-corrected chi connectivity index (χ2v) is 6.17. The third kappa shape index (κ3) is 3.93. The van der Waals surface area contributed by atoms with Gasteiger partial charge in [-0.25, -0.2) is 0 Å². The zero-order valence-corrected chi connectivity index (χ0v) is 14.2. The van der Waals surface area contributed by atoms with Gasteiger partial charge >= 0.3 is 0 Å². The number of pyridine rings is 2. The van der Waals surface area contributed by atoms with Crippen LogP contribution in [0.5, 0.6) is 0 Å². The first-order valence-electron chi connectivity index (χ1n) is 6.34. The van der Waals surface area contributed by atoms with E-state index in [1.165, 1.54) is 0 Å². The Hall–Kier alpha value is -1.14. The predicted molar refractivity (Wildman–Crippen MR) is 88.2 cm³/mol. The number of halogens is 2. The van der Waals surface area contributed by atoms with E-state index in [-0.39, 0.29) is 5.56 Å². The second-order valence-electron chi connectivity index (χ2n) is 4.40. The smallest absolute Gasteiger partial charge is 0.265 e. The molecule has 0 spiro atoms. The average molecular weight is 401 g/mol. The van der Waals surface area contributed by atoms with Crippen molar-refractivity contribution >= 4 is 37.5 Å². The minimum atomic E-state index is -0.0677. The maximum Gasteiger partial charge on any atom is 0.265 e. The third-order valence-electron chi connectivity index (χ3n) is 2.74. The van der Waals surface area contributed by atoms with Crippen molar-refractivity contribution in [2.45, 2.75) is 19.9 Å². The Morgan fingerprint density at radius 2 is 2.15 bits per heavy atom. The molecule has 0 bridgehead atoms. The molecule has 0 aliphatic carbocycles. The molecule has 20 heavy (non-hydrogen) atoms. The third-order valence-corrected chi connectivity index (χ3v) is 3.74. The SMILES string of the molecule is CCCNc1ccnc(Cn2cc(Br)cc(Br)c2=O)c1. The van der Waals surface area contributed by atoms with Gasteiger partial charge in [0.15, 0.2) is 0 Å². The van der Waals surface area contributed by atoms with Crippen LogP contribution in [0.1, 0.15) is 19.0 Å². The Morgan fingerprint density at radius 3 is 2.90 bits per heavy atom. The fraction of sp³-hybridized carbons (Fsp3) is 0.286. The van der Waals surface area contributed by atoms with Crippen LogP contribution >= 0.6 is 31.9 Å². The summed E-state index contributed by atoms with van der Waals surface area (Å²) in [5, 5.41) is 3.31. The number of hydrogen-bond donors (Lipinski definition) is 1. The number of hydrogen-bond acceptors (Lipinski definition) is 3. The lowest BCUT2D eigenvalue weighted by molar-refractivity contribution is 0.733. The molecule has 2 aromatic rings. The molecule has 0 radical (unpaired) electrons. The van der Waals surface area contributed by atoms with Crippen molar-refractivity contribution in [2.24, 2.45) is 0 Å². The van der Waals surface area contributed by atoms with Gasteiger partial charge in [0.1, 0.15) is 0 Å². The molecule has 2 heterocycles. The van der Waals surface area contributed by atoms with Crippen molar-refractivity contribution in [2.75, 3.05) is 11.9 Å². The van der Waals surface area contributed by atoms with E-state index in [0.29, 0.717) is 11.0 Å². The van der Waals surface area contributed by atoms with Gasteiger partial charge in [0.2, 0.25) is 0 Å². The van der Waals surface area contributed by atoms with E-state index in [1.807, 2.05) is 12.1 Å². The molecule has 0 saturated heterocycles. The minimum Gasteiger partial charge on any atom is -0.385 e. The maximum atomic E-state index is 12.0. The summed E-state index contributed by atoms with van der Waals surface area (Å²) in [6.07, 6.45) is 4.59. The van der Waals surface area contributed by atoms with Crippen molar-refractivity contribution < 1.29 is 0 Å². The van der Waals surface area contributed by atoms with Crippen LogP contribution in [0, 0.1) is 0 Å². The lowest BCUT2D eigenvalue weighted by Gasteiger charge is -2.09. The molecule has 0 fully saturated rings. The fourth-order valence-corrected chi connectivity index (χ4v) is 3.06. The van der Waals surface area contributed by atoms with Crippen LogP contribution in [0.3, 0.4) is 0 Å². The zero-order chi connectivity index (χ0) is 14.5. The van der Waals surface area contributed by atoms with Gasteiger partial charge in [0.05, 0.1) is 16.7 Å². The van der Waals surface area contributed by atoms with Gasteiger partial charge < -0.3 is 9.88 Å². The monoisotopic (exact) mass is 399 g/mol. The lowest BCUT2D eigenvalue weighted by atomic mass is 10.3. The van der Waals surface area contributed by atoms with Gasteiger partial charge in [-0.05, 0) is 56.5 Å². The topological polar surface area (TPSA) is 46.9 Å². The van der Waals surface area contributed by atoms with Crippen LogP contribution < -0.4 is 10.9 Å². The van der Waals surface area contributed by atoms with Gasteiger partial charge in [-0.3, -0.25) is 9.78 Å². The summed E-state index contributed by atoms with van der Waals surface area (Å²) in [7, 11) is 0. The van der Waals surface area contributed by atoms with Gasteiger partial charge in [-0.1, -0.05) is 6.92 Å². The van der Waals surface area contributed by atoms with Gasteiger partial charge in [0.25, 0.3) is 5.56 Å². The van der Waals surface area contributed by atoms with Crippen molar-refractivity contribution in [1.29, 1.82) is 0 Å². The van der Waals surface area contributed by atoms with Crippen LogP contribution in [0.15, 0.2) is 44.3 Å². The largest absolute Gasteiger partial charge is 0.385 e. The summed E-state index contributed by atoms with van der Waals surface area (Å²) in [5.41, 5.74) is 1.80. The number of aromatic nitrogens is 2. The molecule has 2 aromatic heterocycles. The van der Waals surface area contributed by atoms with Crippen LogP contribution in [0.2, 0.25) is 0 Å². The standard InChI is InChI=1S/C14H15Br2N3O/c1-2-4-17-11-3-5-18-12(7-11)9-19-8-10(15)6-13(16)14(19)20/h3,5-8H,2,4,9H2,1H3,(H,17,18). The van der Waals surface area contributed by atoms with E-state index < -0.39 is 0 Å². The van der Waals surface area contributed by atoms with Crippen molar-refractivity contribution in [3.8, 4) is 0 Å². The molecule has 2 rings (SSSR count). The van der Waals surface area contributed by atoms with E-state index in [9.17, 15) is 4.79 Å². The fourth-order valence-electron chi connectivity index (χ4n) is 1.80. The van der Waals surface area contributed by atoms with Crippen molar-refractivity contribution in [1.82, 2.24) is 9.55 Å². The Kier molecular flexibility index (Phi) is 5.37. The summed E-state index contributed by atoms with van der Waals surface area (Å²) in [6.45, 7) is 3.48. The molecule has 0 aliphatic heterocycles. The van der Waals surface area contributed by atoms with E-state index in [1.54, 1.807) is 23.0 Å². The molecule has 0 amide bonds.